The summed E-state index contributed by atoms with van der Waals surface area (Å²) in [7, 11) is 1.16. The van der Waals surface area contributed by atoms with Crippen LogP contribution >= 0.6 is 0 Å². The molecule has 1 aromatic carbocycles. The van der Waals surface area contributed by atoms with Gasteiger partial charge in [0.15, 0.2) is 5.72 Å². The number of likely N-dealkylation sites (tertiary alicyclic amines) is 1. The Morgan fingerprint density at radius 3 is 2.74 bits per heavy atom. The molecule has 2 N–H and O–H groups in total. The first-order valence-electron chi connectivity index (χ1n) is 6.92. The highest BCUT2D eigenvalue weighted by atomic mass is 16.7. The number of nitrogen functional groups attached to an aromatic ring is 1. The number of benzene rings is 1. The molecule has 1 fully saturated rings. The molecule has 9 heteroatoms. The number of nitrogens with zero attached hydrogens (tertiary/aromatic N) is 2. The third-order valence-corrected chi connectivity index (χ3v) is 3.79. The first-order valence-corrected chi connectivity index (χ1v) is 6.92. The summed E-state index contributed by atoms with van der Waals surface area (Å²) in [5.74, 6) is -0.654. The minimum absolute atomic E-state index is 0.00322. The summed E-state index contributed by atoms with van der Waals surface area (Å²) < 4.78 is 9.64. The number of amides is 1. The van der Waals surface area contributed by atoms with E-state index >= 15 is 0 Å². The molecular weight excluding hydrogens is 306 g/mol. The van der Waals surface area contributed by atoms with Gasteiger partial charge in [-0.15, -0.1) is 0 Å². The smallest absolute Gasteiger partial charge is 0.438 e. The lowest BCUT2D eigenvalue weighted by molar-refractivity contribution is -0.385. The minimum Gasteiger partial charge on any atom is -0.438 e. The van der Waals surface area contributed by atoms with Crippen LogP contribution in [0.5, 0.6) is 0 Å². The highest BCUT2D eigenvalue weighted by molar-refractivity contribution is 6.03. The van der Waals surface area contributed by atoms with Crippen LogP contribution in [0, 0.1) is 10.1 Å². The Labute approximate surface area is 132 Å². The van der Waals surface area contributed by atoms with Gasteiger partial charge in [-0.3, -0.25) is 14.9 Å². The lowest BCUT2D eigenvalue weighted by atomic mass is 10.1. The molecule has 1 aromatic rings. The van der Waals surface area contributed by atoms with Gasteiger partial charge < -0.3 is 20.1 Å². The Balaban J connectivity index is 2.40. The molecule has 0 spiro atoms. The molecule has 1 atom stereocenters. The molecule has 1 aliphatic heterocycles. The highest BCUT2D eigenvalue weighted by Gasteiger charge is 2.45. The van der Waals surface area contributed by atoms with E-state index in [0.29, 0.717) is 12.8 Å². The van der Waals surface area contributed by atoms with E-state index in [9.17, 15) is 19.7 Å². The number of rotatable bonds is 3. The van der Waals surface area contributed by atoms with Gasteiger partial charge in [0.25, 0.3) is 11.6 Å². The molecule has 0 aliphatic carbocycles. The number of methoxy groups -OCH3 is 1. The Morgan fingerprint density at radius 1 is 1.43 bits per heavy atom. The lowest BCUT2D eigenvalue weighted by Crippen LogP contribution is -2.48. The Bertz CT molecular complexity index is 662. The van der Waals surface area contributed by atoms with Crippen molar-refractivity contribution in [1.82, 2.24) is 4.90 Å². The number of nitro groups is 1. The quantitative estimate of drug-likeness (QED) is 0.390. The predicted octanol–water partition coefficient (Wildman–Crippen LogP) is 1.91. The zero-order valence-corrected chi connectivity index (χ0v) is 12.8. The Kier molecular flexibility index (Phi) is 4.39. The molecule has 1 saturated heterocycles. The van der Waals surface area contributed by atoms with E-state index in [4.69, 9.17) is 10.5 Å². The summed E-state index contributed by atoms with van der Waals surface area (Å²) in [5, 5.41) is 11.2. The maximum absolute atomic E-state index is 12.8. The van der Waals surface area contributed by atoms with Gasteiger partial charge >= 0.3 is 6.16 Å². The van der Waals surface area contributed by atoms with Crippen LogP contribution in [0.4, 0.5) is 16.2 Å². The average molecular weight is 323 g/mol. The number of hydrogen-bond donors (Lipinski definition) is 1. The van der Waals surface area contributed by atoms with Crippen LogP contribution in [0.2, 0.25) is 0 Å². The summed E-state index contributed by atoms with van der Waals surface area (Å²) >= 11 is 0. The average Bonchev–Trinajstić information content (AvgIpc) is 2.87. The van der Waals surface area contributed by atoms with E-state index in [-0.39, 0.29) is 23.5 Å². The summed E-state index contributed by atoms with van der Waals surface area (Å²) in [6, 6.07) is 4.02. The van der Waals surface area contributed by atoms with Crippen molar-refractivity contribution in [3.05, 3.63) is 33.9 Å². The van der Waals surface area contributed by atoms with E-state index in [1.165, 1.54) is 23.1 Å². The fraction of sp³-hybridized carbons (Fsp3) is 0.429. The highest BCUT2D eigenvalue weighted by Crippen LogP contribution is 2.35. The second-order valence-electron chi connectivity index (χ2n) is 5.29. The molecule has 0 radical (unpaired) electrons. The van der Waals surface area contributed by atoms with E-state index in [2.05, 4.69) is 4.74 Å². The van der Waals surface area contributed by atoms with Crippen LogP contribution in [0.25, 0.3) is 0 Å². The summed E-state index contributed by atoms with van der Waals surface area (Å²) in [4.78, 5) is 35.9. The van der Waals surface area contributed by atoms with Gasteiger partial charge in [0.05, 0.1) is 17.7 Å². The summed E-state index contributed by atoms with van der Waals surface area (Å²) in [5.41, 5.74) is 3.92. The molecular formula is C14H17N3O6. The zero-order valence-electron chi connectivity index (χ0n) is 12.8. The molecule has 1 amide bonds. The van der Waals surface area contributed by atoms with Crippen molar-refractivity contribution in [3.8, 4) is 0 Å². The van der Waals surface area contributed by atoms with Crippen molar-refractivity contribution < 1.29 is 24.0 Å². The van der Waals surface area contributed by atoms with Crippen molar-refractivity contribution >= 4 is 23.4 Å². The first-order chi connectivity index (χ1) is 10.8. The van der Waals surface area contributed by atoms with Gasteiger partial charge in [-0.1, -0.05) is 6.07 Å². The number of ether oxygens (including phenoxy) is 2. The number of anilines is 1. The normalized spacial score (nSPS) is 20.2. The van der Waals surface area contributed by atoms with Crippen LogP contribution in [0.3, 0.4) is 0 Å². The third kappa shape index (κ3) is 3.03. The summed E-state index contributed by atoms with van der Waals surface area (Å²) in [6.45, 7) is 1.84. The van der Waals surface area contributed by atoms with E-state index in [0.717, 1.165) is 7.11 Å². The molecule has 9 nitrogen and oxygen atoms in total. The fourth-order valence-corrected chi connectivity index (χ4v) is 2.66. The van der Waals surface area contributed by atoms with Crippen LogP contribution < -0.4 is 5.73 Å². The van der Waals surface area contributed by atoms with Crippen LogP contribution in [-0.4, -0.2) is 41.3 Å². The third-order valence-electron chi connectivity index (χ3n) is 3.79. The van der Waals surface area contributed by atoms with Crippen molar-refractivity contribution in [2.75, 3.05) is 19.4 Å². The second-order valence-corrected chi connectivity index (χ2v) is 5.29. The SMILES string of the molecule is COC(=O)OC1(C)CCCN1C(=O)c1c(N)cccc1[N+](=O)[O-]. The zero-order chi connectivity index (χ0) is 17.2. The van der Waals surface area contributed by atoms with Gasteiger partial charge in [0.2, 0.25) is 0 Å². The van der Waals surface area contributed by atoms with Crippen molar-refractivity contribution in [2.24, 2.45) is 0 Å². The van der Waals surface area contributed by atoms with Crippen molar-refractivity contribution in [3.63, 3.8) is 0 Å². The van der Waals surface area contributed by atoms with Crippen LogP contribution in [-0.2, 0) is 9.47 Å². The molecule has 1 unspecified atom stereocenters. The lowest BCUT2D eigenvalue weighted by Gasteiger charge is -2.33. The number of hydrogen-bond acceptors (Lipinski definition) is 7. The van der Waals surface area contributed by atoms with Gasteiger partial charge in [0.1, 0.15) is 5.56 Å². The van der Waals surface area contributed by atoms with Gasteiger partial charge in [-0.05, 0) is 19.4 Å². The van der Waals surface area contributed by atoms with Crippen LogP contribution in [0.15, 0.2) is 18.2 Å². The largest absolute Gasteiger partial charge is 0.510 e. The molecule has 0 bridgehead atoms. The molecule has 1 heterocycles. The topological polar surface area (TPSA) is 125 Å². The van der Waals surface area contributed by atoms with E-state index in [1.54, 1.807) is 6.92 Å². The molecule has 2 rings (SSSR count). The van der Waals surface area contributed by atoms with Gasteiger partial charge in [0, 0.05) is 19.0 Å². The second kappa shape index (κ2) is 6.11. The Hall–Kier alpha value is -2.84. The monoisotopic (exact) mass is 323 g/mol. The molecule has 23 heavy (non-hydrogen) atoms. The number of carbonyl (C=O) groups excluding carboxylic acids is 2. The standard InChI is InChI=1S/C14H17N3O6/c1-14(23-13(19)22-2)7-4-8-16(14)12(18)11-9(15)5-3-6-10(11)17(20)21/h3,5-6H,4,7-8,15H2,1-2H3. The molecule has 0 saturated carbocycles. The van der Waals surface area contributed by atoms with E-state index in [1.807, 2.05) is 0 Å². The number of nitrogens with two attached hydrogens (primary N) is 1. The maximum atomic E-state index is 12.8. The number of carbonyl (C=O) groups is 2. The summed E-state index contributed by atoms with van der Waals surface area (Å²) in [6.07, 6.45) is 0.0523. The van der Waals surface area contributed by atoms with Crippen molar-refractivity contribution in [1.29, 1.82) is 0 Å². The number of nitro benzene ring substituents is 1. The predicted molar refractivity (Wildman–Crippen MR) is 79.7 cm³/mol. The molecule has 124 valence electrons. The molecule has 1 aliphatic rings. The minimum atomic E-state index is -1.24. The first kappa shape index (κ1) is 16.5. The van der Waals surface area contributed by atoms with Gasteiger partial charge in [-0.25, -0.2) is 4.79 Å². The van der Waals surface area contributed by atoms with E-state index < -0.39 is 22.7 Å². The fourth-order valence-electron chi connectivity index (χ4n) is 2.66. The van der Waals surface area contributed by atoms with Crippen molar-refractivity contribution in [2.45, 2.75) is 25.5 Å². The Morgan fingerprint density at radius 2 is 2.13 bits per heavy atom. The maximum Gasteiger partial charge on any atom is 0.510 e. The van der Waals surface area contributed by atoms with Gasteiger partial charge in [-0.2, -0.15) is 0 Å². The van der Waals surface area contributed by atoms with Crippen LogP contribution in [0.1, 0.15) is 30.1 Å². The molecule has 0 aromatic heterocycles.